The van der Waals surface area contributed by atoms with E-state index in [1.807, 2.05) is 0 Å². The number of pyridine rings is 1. The average Bonchev–Trinajstić information content (AvgIpc) is 2.14. The van der Waals surface area contributed by atoms with Gasteiger partial charge in [0.05, 0.1) is 15.0 Å². The molecule has 0 radical (unpaired) electrons. The third-order valence-corrected chi connectivity index (χ3v) is 2.59. The number of nitro groups is 1. The molecule has 0 saturated heterocycles. The van der Waals surface area contributed by atoms with Gasteiger partial charge in [0.2, 0.25) is 0 Å². The predicted octanol–water partition coefficient (Wildman–Crippen LogP) is 1.96. The highest BCUT2D eigenvalue weighted by Crippen LogP contribution is 2.27. The Bertz CT molecular complexity index is 431. The molecule has 0 aliphatic heterocycles. The minimum atomic E-state index is -0.863. The Morgan fingerprint density at radius 2 is 2.24 bits per heavy atom. The maximum Gasteiger partial charge on any atom is 0.288 e. The van der Waals surface area contributed by atoms with Crippen LogP contribution in [-0.2, 0) is 0 Å². The summed E-state index contributed by atoms with van der Waals surface area (Å²) in [5.74, 6) is 0.553. The van der Waals surface area contributed by atoms with E-state index in [-0.39, 0.29) is 5.69 Å². The third-order valence-electron chi connectivity index (χ3n) is 2.00. The van der Waals surface area contributed by atoms with Gasteiger partial charge in [-0.2, -0.15) is 0 Å². The van der Waals surface area contributed by atoms with E-state index in [1.165, 1.54) is 12.3 Å². The lowest BCUT2D eigenvalue weighted by atomic mass is 10.1. The Morgan fingerprint density at radius 3 is 2.65 bits per heavy atom. The molecular formula is C10H14BrN3O3. The summed E-state index contributed by atoms with van der Waals surface area (Å²) in [6.07, 6.45) is 1.20. The molecular weight excluding hydrogens is 290 g/mol. The maximum absolute atomic E-state index is 10.6. The van der Waals surface area contributed by atoms with Crippen LogP contribution in [0.3, 0.4) is 0 Å². The van der Waals surface area contributed by atoms with Gasteiger partial charge in [0.1, 0.15) is 12.0 Å². The summed E-state index contributed by atoms with van der Waals surface area (Å²) in [6.45, 7) is 3.74. The van der Waals surface area contributed by atoms with Crippen molar-refractivity contribution in [3.63, 3.8) is 0 Å². The molecule has 0 fully saturated rings. The molecule has 0 atom stereocenters. The molecule has 0 bridgehead atoms. The Morgan fingerprint density at radius 1 is 1.65 bits per heavy atom. The number of likely N-dealkylation sites (N-methyl/N-ethyl adjacent to an activating group) is 1. The highest BCUT2D eigenvalue weighted by molar-refractivity contribution is 9.10. The quantitative estimate of drug-likeness (QED) is 0.679. The Labute approximate surface area is 108 Å². The SMILES string of the molecule is CN(CC(C)(C)O)c1ncc([N+](=O)[O-])cc1Br. The number of hydrogen-bond donors (Lipinski definition) is 1. The molecule has 7 heteroatoms. The van der Waals surface area contributed by atoms with Crippen LogP contribution in [-0.4, -0.2) is 34.2 Å². The number of rotatable bonds is 4. The molecule has 0 aliphatic rings. The van der Waals surface area contributed by atoms with Gasteiger partial charge >= 0.3 is 0 Å². The molecule has 17 heavy (non-hydrogen) atoms. The van der Waals surface area contributed by atoms with E-state index in [1.54, 1.807) is 25.8 Å². The van der Waals surface area contributed by atoms with Gasteiger partial charge in [-0.25, -0.2) is 4.98 Å². The molecule has 94 valence electrons. The topological polar surface area (TPSA) is 79.5 Å². The van der Waals surface area contributed by atoms with E-state index in [9.17, 15) is 15.2 Å². The number of anilines is 1. The first-order chi connectivity index (χ1) is 7.70. The summed E-state index contributed by atoms with van der Waals surface area (Å²) in [5.41, 5.74) is -0.935. The van der Waals surface area contributed by atoms with Crippen molar-refractivity contribution in [1.82, 2.24) is 4.98 Å². The zero-order chi connectivity index (χ0) is 13.2. The zero-order valence-corrected chi connectivity index (χ0v) is 11.4. The molecule has 0 aromatic carbocycles. The van der Waals surface area contributed by atoms with Gasteiger partial charge in [-0.3, -0.25) is 10.1 Å². The second-order valence-corrected chi connectivity index (χ2v) is 5.28. The smallest absolute Gasteiger partial charge is 0.288 e. The van der Waals surface area contributed by atoms with Crippen molar-refractivity contribution in [1.29, 1.82) is 0 Å². The Kier molecular flexibility index (Phi) is 4.05. The van der Waals surface area contributed by atoms with Crippen LogP contribution in [0.4, 0.5) is 11.5 Å². The molecule has 0 aliphatic carbocycles. The lowest BCUT2D eigenvalue weighted by Gasteiger charge is -2.26. The molecule has 0 amide bonds. The minimum absolute atomic E-state index is 0.0720. The van der Waals surface area contributed by atoms with Crippen molar-refractivity contribution in [2.45, 2.75) is 19.4 Å². The molecule has 1 rings (SSSR count). The number of aliphatic hydroxyl groups is 1. The second-order valence-electron chi connectivity index (χ2n) is 4.42. The van der Waals surface area contributed by atoms with Crippen molar-refractivity contribution in [3.8, 4) is 0 Å². The van der Waals surface area contributed by atoms with Gasteiger partial charge in [0, 0.05) is 19.7 Å². The van der Waals surface area contributed by atoms with E-state index >= 15 is 0 Å². The number of nitrogens with zero attached hydrogens (tertiary/aromatic N) is 3. The van der Waals surface area contributed by atoms with Crippen LogP contribution in [0, 0.1) is 10.1 Å². The summed E-state index contributed by atoms with van der Waals surface area (Å²) >= 11 is 3.23. The molecule has 0 saturated carbocycles. The Hall–Kier alpha value is -1.21. The average molecular weight is 304 g/mol. The van der Waals surface area contributed by atoms with Gasteiger partial charge in [-0.1, -0.05) is 0 Å². The minimum Gasteiger partial charge on any atom is -0.389 e. The van der Waals surface area contributed by atoms with Crippen molar-refractivity contribution in [2.24, 2.45) is 0 Å². The maximum atomic E-state index is 10.6. The normalized spacial score (nSPS) is 11.4. The molecule has 1 heterocycles. The molecule has 1 aromatic rings. The first-order valence-corrected chi connectivity index (χ1v) is 5.73. The third kappa shape index (κ3) is 3.94. The highest BCUT2D eigenvalue weighted by Gasteiger charge is 2.19. The second kappa shape index (κ2) is 4.97. The van der Waals surface area contributed by atoms with Crippen molar-refractivity contribution in [2.75, 3.05) is 18.5 Å². The largest absolute Gasteiger partial charge is 0.389 e. The summed E-state index contributed by atoms with van der Waals surface area (Å²) in [5, 5.41) is 20.2. The van der Waals surface area contributed by atoms with Crippen molar-refractivity contribution < 1.29 is 10.0 Å². The fourth-order valence-electron chi connectivity index (χ4n) is 1.46. The van der Waals surface area contributed by atoms with Crippen LogP contribution in [0.1, 0.15) is 13.8 Å². The van der Waals surface area contributed by atoms with Crippen molar-refractivity contribution in [3.05, 3.63) is 26.9 Å². The zero-order valence-electron chi connectivity index (χ0n) is 9.85. The molecule has 1 N–H and O–H groups in total. The molecule has 6 nitrogen and oxygen atoms in total. The van der Waals surface area contributed by atoms with Crippen LogP contribution in [0.15, 0.2) is 16.7 Å². The monoisotopic (exact) mass is 303 g/mol. The summed E-state index contributed by atoms with van der Waals surface area (Å²) in [7, 11) is 1.76. The van der Waals surface area contributed by atoms with Crippen LogP contribution in [0.2, 0.25) is 0 Å². The van der Waals surface area contributed by atoms with Gasteiger partial charge in [-0.05, 0) is 29.8 Å². The van der Waals surface area contributed by atoms with E-state index in [0.717, 1.165) is 0 Å². The molecule has 0 unspecified atom stereocenters. The lowest BCUT2D eigenvalue weighted by molar-refractivity contribution is -0.385. The van der Waals surface area contributed by atoms with E-state index < -0.39 is 10.5 Å². The first-order valence-electron chi connectivity index (χ1n) is 4.94. The summed E-state index contributed by atoms with van der Waals surface area (Å²) in [4.78, 5) is 15.8. The Balaban J connectivity index is 2.96. The standard InChI is InChI=1S/C10H14BrN3O3/c1-10(2,15)6-13(3)9-8(11)4-7(5-12-9)14(16)17/h4-5,15H,6H2,1-3H3. The highest BCUT2D eigenvalue weighted by atomic mass is 79.9. The predicted molar refractivity (Wildman–Crippen MR) is 68.2 cm³/mol. The van der Waals surface area contributed by atoms with Gasteiger partial charge in [0.15, 0.2) is 0 Å². The van der Waals surface area contributed by atoms with E-state index in [2.05, 4.69) is 20.9 Å². The van der Waals surface area contributed by atoms with Gasteiger partial charge < -0.3 is 10.0 Å². The summed E-state index contributed by atoms with van der Waals surface area (Å²) in [6, 6.07) is 1.39. The van der Waals surface area contributed by atoms with E-state index in [0.29, 0.717) is 16.8 Å². The van der Waals surface area contributed by atoms with Gasteiger partial charge in [-0.15, -0.1) is 0 Å². The molecule has 0 spiro atoms. The number of aromatic nitrogens is 1. The lowest BCUT2D eigenvalue weighted by Crippen LogP contribution is -2.36. The molecule has 1 aromatic heterocycles. The first kappa shape index (κ1) is 13.9. The van der Waals surface area contributed by atoms with Crippen molar-refractivity contribution >= 4 is 27.4 Å². The van der Waals surface area contributed by atoms with E-state index in [4.69, 9.17) is 0 Å². The van der Waals surface area contributed by atoms with Crippen LogP contribution >= 0.6 is 15.9 Å². The van der Waals surface area contributed by atoms with Crippen LogP contribution in [0.5, 0.6) is 0 Å². The fraction of sp³-hybridized carbons (Fsp3) is 0.500. The van der Waals surface area contributed by atoms with Gasteiger partial charge in [0.25, 0.3) is 5.69 Å². The number of hydrogen-bond acceptors (Lipinski definition) is 5. The number of halogens is 1. The fourth-order valence-corrected chi connectivity index (χ4v) is 2.10. The van der Waals surface area contributed by atoms with Crippen LogP contribution < -0.4 is 4.90 Å². The van der Waals surface area contributed by atoms with Crippen LogP contribution in [0.25, 0.3) is 0 Å². The summed E-state index contributed by atoms with van der Waals surface area (Å²) < 4.78 is 0.526.